The topological polar surface area (TPSA) is 102 Å². The van der Waals surface area contributed by atoms with E-state index >= 15 is 0 Å². The van der Waals surface area contributed by atoms with E-state index in [1.807, 2.05) is 0 Å². The number of aliphatic hydroxyl groups excluding tert-OH is 1. The normalized spacial score (nSPS) is 5.20. The van der Waals surface area contributed by atoms with Crippen LogP contribution < -0.4 is 0 Å². The van der Waals surface area contributed by atoms with Gasteiger partial charge < -0.3 is 5.11 Å². The van der Waals surface area contributed by atoms with Gasteiger partial charge in [-0.2, -0.15) is 0 Å². The molecular formula is C5H10N2O3. The number of hydrogen-bond donors (Lipinski definition) is 3. The average molecular weight is 146 g/mol. The van der Waals surface area contributed by atoms with E-state index in [2.05, 4.69) is 0 Å². The summed E-state index contributed by atoms with van der Waals surface area (Å²) in [5, 5.41) is 18.9. The lowest BCUT2D eigenvalue weighted by Crippen LogP contribution is -1.85. The third kappa shape index (κ3) is 134. The molecule has 5 heteroatoms. The molecule has 0 aliphatic rings. The summed E-state index contributed by atoms with van der Waals surface area (Å²) in [4.78, 5) is 16.7. The van der Waals surface area contributed by atoms with Gasteiger partial charge in [0.05, 0.1) is 0 Å². The maximum Gasteiger partial charge on any atom is 0.231 e. The largest absolute Gasteiger partial charge is 0.394 e. The van der Waals surface area contributed by atoms with Crippen molar-refractivity contribution in [2.75, 3.05) is 0 Å². The van der Waals surface area contributed by atoms with Crippen LogP contribution in [0.4, 0.5) is 0 Å². The smallest absolute Gasteiger partial charge is 0.231 e. The van der Waals surface area contributed by atoms with Crippen LogP contribution in [-0.2, 0) is 9.59 Å². The quantitative estimate of drug-likeness (QED) is 0.335. The summed E-state index contributed by atoms with van der Waals surface area (Å²) in [5.74, 6) is 0. The molecule has 0 saturated heterocycles. The number of rotatable bonds is 0. The minimum Gasteiger partial charge on any atom is -0.394 e. The number of aliphatic hydroxyl groups is 1. The van der Waals surface area contributed by atoms with Gasteiger partial charge in [0.2, 0.25) is 12.2 Å². The molecule has 5 nitrogen and oxygen atoms in total. The van der Waals surface area contributed by atoms with Gasteiger partial charge in [-0.3, -0.25) is 0 Å². The van der Waals surface area contributed by atoms with Crippen LogP contribution in [-0.4, -0.2) is 23.4 Å². The first kappa shape index (κ1) is 15.9. The Bertz CT molecular complexity index is 95.3. The molecule has 0 aliphatic heterocycles. The van der Waals surface area contributed by atoms with Crippen LogP contribution in [0.2, 0.25) is 0 Å². The van der Waals surface area contributed by atoms with Crippen LogP contribution >= 0.6 is 0 Å². The number of hydrogen-bond acceptors (Lipinski definition) is 5. The Hall–Kier alpha value is -1.28. The molecule has 10 heavy (non-hydrogen) atoms. The minimum atomic E-state index is -0.167. The van der Waals surface area contributed by atoms with Crippen LogP contribution in [0.5, 0.6) is 0 Å². The summed E-state index contributed by atoms with van der Waals surface area (Å²) < 4.78 is 0. The van der Waals surface area contributed by atoms with Crippen molar-refractivity contribution >= 4 is 12.2 Å². The Morgan fingerprint density at radius 2 is 1.20 bits per heavy atom. The SMILES string of the molecule is CC(C)O.N=C=O.N=C=O. The highest BCUT2D eigenvalue weighted by Gasteiger charge is 1.69. The van der Waals surface area contributed by atoms with Gasteiger partial charge in [-0.25, -0.2) is 20.4 Å². The molecule has 0 rings (SSSR count). The lowest BCUT2D eigenvalue weighted by atomic mass is 10.5. The molecule has 0 amide bonds. The van der Waals surface area contributed by atoms with Crippen LogP contribution in [0.25, 0.3) is 0 Å². The van der Waals surface area contributed by atoms with Crippen molar-refractivity contribution in [1.29, 1.82) is 10.8 Å². The molecule has 0 unspecified atom stereocenters. The van der Waals surface area contributed by atoms with Gasteiger partial charge >= 0.3 is 0 Å². The van der Waals surface area contributed by atoms with Gasteiger partial charge in [-0.05, 0) is 13.8 Å². The fourth-order valence-electron chi connectivity index (χ4n) is 0. The Labute approximate surface area is 58.7 Å². The minimum absolute atomic E-state index is 0.167. The molecule has 0 fully saturated rings. The van der Waals surface area contributed by atoms with Crippen LogP contribution in [0.15, 0.2) is 0 Å². The predicted octanol–water partition coefficient (Wildman–Crippen LogP) is 0.189. The highest BCUT2D eigenvalue weighted by molar-refractivity contribution is 5.26. The highest BCUT2D eigenvalue weighted by Crippen LogP contribution is 1.65. The Morgan fingerprint density at radius 1 is 1.20 bits per heavy atom. The summed E-state index contributed by atoms with van der Waals surface area (Å²) >= 11 is 0. The molecule has 0 bridgehead atoms. The van der Waals surface area contributed by atoms with E-state index < -0.39 is 0 Å². The molecule has 0 radical (unpaired) electrons. The van der Waals surface area contributed by atoms with Crippen LogP contribution in [0.1, 0.15) is 13.8 Å². The molecular weight excluding hydrogens is 136 g/mol. The molecule has 0 aromatic carbocycles. The molecule has 3 N–H and O–H groups in total. The van der Waals surface area contributed by atoms with Gasteiger partial charge in [0.1, 0.15) is 0 Å². The van der Waals surface area contributed by atoms with Crippen molar-refractivity contribution < 1.29 is 14.7 Å². The highest BCUT2D eigenvalue weighted by atomic mass is 16.3. The van der Waals surface area contributed by atoms with Crippen molar-refractivity contribution in [3.05, 3.63) is 0 Å². The number of carbonyl (C=O) groups excluding carboxylic acids is 2. The van der Waals surface area contributed by atoms with Crippen LogP contribution in [0.3, 0.4) is 0 Å². The second-order valence-electron chi connectivity index (χ2n) is 1.30. The number of nitrogens with one attached hydrogen (secondary N) is 2. The summed E-state index contributed by atoms with van der Waals surface area (Å²) in [6.45, 7) is 3.44. The zero-order valence-electron chi connectivity index (χ0n) is 5.84. The number of isocyanates is 2. The standard InChI is InChI=1S/C3H8O.2CHNO/c1-3(2)4;2*2-1-3/h3-4H,1-2H3;2*2H. The van der Waals surface area contributed by atoms with E-state index in [4.69, 9.17) is 25.5 Å². The second-order valence-corrected chi connectivity index (χ2v) is 1.30. The van der Waals surface area contributed by atoms with E-state index in [-0.39, 0.29) is 6.10 Å². The van der Waals surface area contributed by atoms with Gasteiger partial charge in [-0.1, -0.05) is 0 Å². The third-order valence-corrected chi connectivity index (χ3v) is 0. The van der Waals surface area contributed by atoms with E-state index in [1.165, 1.54) is 0 Å². The first-order valence-electron chi connectivity index (χ1n) is 2.32. The second kappa shape index (κ2) is 25.2. The third-order valence-electron chi connectivity index (χ3n) is 0. The predicted molar refractivity (Wildman–Crippen MR) is 34.2 cm³/mol. The fraction of sp³-hybridized carbons (Fsp3) is 0.600. The van der Waals surface area contributed by atoms with Crippen molar-refractivity contribution in [1.82, 2.24) is 0 Å². The molecule has 58 valence electrons. The van der Waals surface area contributed by atoms with E-state index in [0.29, 0.717) is 0 Å². The zero-order chi connectivity index (χ0) is 8.99. The summed E-state index contributed by atoms with van der Waals surface area (Å²) in [6.07, 6.45) is 1.33. The summed E-state index contributed by atoms with van der Waals surface area (Å²) in [7, 11) is 0. The van der Waals surface area contributed by atoms with E-state index in [9.17, 15) is 0 Å². The molecule has 0 aliphatic carbocycles. The monoisotopic (exact) mass is 146 g/mol. The van der Waals surface area contributed by atoms with Crippen LogP contribution in [0, 0.1) is 10.8 Å². The maximum atomic E-state index is 8.35. The maximum absolute atomic E-state index is 8.35. The molecule has 0 heterocycles. The van der Waals surface area contributed by atoms with E-state index in [1.54, 1.807) is 13.8 Å². The molecule has 0 saturated carbocycles. The molecule has 0 aromatic rings. The van der Waals surface area contributed by atoms with Crippen molar-refractivity contribution in [2.45, 2.75) is 20.0 Å². The van der Waals surface area contributed by atoms with Gasteiger partial charge in [0, 0.05) is 6.10 Å². The zero-order valence-corrected chi connectivity index (χ0v) is 5.84. The lowest BCUT2D eigenvalue weighted by molar-refractivity contribution is 0.216. The van der Waals surface area contributed by atoms with Gasteiger partial charge in [0.25, 0.3) is 0 Å². The Balaban J connectivity index is -0.0000000750. The summed E-state index contributed by atoms with van der Waals surface area (Å²) in [6, 6.07) is 0. The Kier molecular flexibility index (Phi) is 40.0. The van der Waals surface area contributed by atoms with Crippen molar-refractivity contribution in [2.24, 2.45) is 0 Å². The fourth-order valence-corrected chi connectivity index (χ4v) is 0. The van der Waals surface area contributed by atoms with Crippen molar-refractivity contribution in [3.63, 3.8) is 0 Å². The van der Waals surface area contributed by atoms with Gasteiger partial charge in [0.15, 0.2) is 0 Å². The summed E-state index contributed by atoms with van der Waals surface area (Å²) in [5.41, 5.74) is 0. The molecule has 0 atom stereocenters. The molecule has 0 spiro atoms. The molecule has 0 aromatic heterocycles. The van der Waals surface area contributed by atoms with E-state index in [0.717, 1.165) is 12.2 Å². The van der Waals surface area contributed by atoms with Gasteiger partial charge in [-0.15, -0.1) is 0 Å². The lowest BCUT2D eigenvalue weighted by Gasteiger charge is -1.80. The first-order chi connectivity index (χ1) is 4.56. The Morgan fingerprint density at radius 3 is 1.20 bits per heavy atom. The first-order valence-corrected chi connectivity index (χ1v) is 2.32. The van der Waals surface area contributed by atoms with Crippen molar-refractivity contribution in [3.8, 4) is 0 Å². The average Bonchev–Trinajstić information content (AvgIpc) is 1.65.